The summed E-state index contributed by atoms with van der Waals surface area (Å²) >= 11 is 0. The number of methoxy groups -OCH3 is 1. The van der Waals surface area contributed by atoms with Gasteiger partial charge in [-0.3, -0.25) is 9.59 Å². The molecular formula is C13H16N4O4. The van der Waals surface area contributed by atoms with E-state index in [4.69, 9.17) is 9.15 Å². The van der Waals surface area contributed by atoms with Gasteiger partial charge in [-0.15, -0.1) is 10.2 Å². The van der Waals surface area contributed by atoms with Crippen molar-refractivity contribution >= 4 is 5.91 Å². The second kappa shape index (κ2) is 6.21. The summed E-state index contributed by atoms with van der Waals surface area (Å²) in [5.74, 6) is 0.734. The molecule has 0 N–H and O–H groups in total. The summed E-state index contributed by atoms with van der Waals surface area (Å²) in [4.78, 5) is 25.5. The number of aromatic nitrogens is 3. The number of carbonyl (C=O) groups is 1. The second-order valence-corrected chi connectivity index (χ2v) is 4.47. The van der Waals surface area contributed by atoms with Crippen LogP contribution in [0.4, 0.5) is 0 Å². The largest absolute Gasteiger partial charge is 0.491 e. The summed E-state index contributed by atoms with van der Waals surface area (Å²) in [6, 6.07) is 3.20. The van der Waals surface area contributed by atoms with Gasteiger partial charge in [0.1, 0.15) is 6.54 Å². The lowest BCUT2D eigenvalue weighted by Gasteiger charge is -2.15. The van der Waals surface area contributed by atoms with Gasteiger partial charge in [0.05, 0.1) is 13.7 Å². The Kier molecular flexibility index (Phi) is 4.36. The summed E-state index contributed by atoms with van der Waals surface area (Å²) in [6.45, 7) is 1.78. The smallest absolute Gasteiger partial charge is 0.293 e. The van der Waals surface area contributed by atoms with Crippen molar-refractivity contribution in [1.82, 2.24) is 19.7 Å². The van der Waals surface area contributed by atoms with Gasteiger partial charge in [0.25, 0.3) is 5.56 Å². The normalized spacial score (nSPS) is 10.4. The molecule has 0 atom stereocenters. The molecule has 21 heavy (non-hydrogen) atoms. The third-order valence-corrected chi connectivity index (χ3v) is 2.88. The minimum absolute atomic E-state index is 0.0837. The molecule has 0 saturated heterocycles. The molecule has 2 aromatic heterocycles. The van der Waals surface area contributed by atoms with E-state index in [2.05, 4.69) is 10.2 Å². The van der Waals surface area contributed by atoms with Crippen molar-refractivity contribution in [2.75, 3.05) is 14.2 Å². The van der Waals surface area contributed by atoms with Crippen LogP contribution < -0.4 is 10.3 Å². The van der Waals surface area contributed by atoms with Gasteiger partial charge >= 0.3 is 0 Å². The zero-order valence-corrected chi connectivity index (χ0v) is 12.1. The van der Waals surface area contributed by atoms with Crippen molar-refractivity contribution in [3.63, 3.8) is 0 Å². The van der Waals surface area contributed by atoms with Crippen molar-refractivity contribution in [3.05, 3.63) is 40.5 Å². The van der Waals surface area contributed by atoms with Gasteiger partial charge in [-0.1, -0.05) is 0 Å². The SMILES string of the molecule is COc1cccn(CC(=O)N(C)Cc2nnc(C)o2)c1=O. The van der Waals surface area contributed by atoms with Crippen LogP contribution in [-0.4, -0.2) is 39.7 Å². The average Bonchev–Trinajstić information content (AvgIpc) is 2.86. The fraction of sp³-hybridized carbons (Fsp3) is 0.385. The van der Waals surface area contributed by atoms with E-state index in [1.807, 2.05) is 0 Å². The second-order valence-electron chi connectivity index (χ2n) is 4.47. The third-order valence-electron chi connectivity index (χ3n) is 2.88. The van der Waals surface area contributed by atoms with Crippen molar-refractivity contribution in [2.24, 2.45) is 0 Å². The van der Waals surface area contributed by atoms with Gasteiger partial charge in [0, 0.05) is 20.2 Å². The van der Waals surface area contributed by atoms with Crippen LogP contribution in [0.1, 0.15) is 11.8 Å². The number of carbonyl (C=O) groups excluding carboxylic acids is 1. The van der Waals surface area contributed by atoms with E-state index in [1.54, 1.807) is 26.1 Å². The highest BCUT2D eigenvalue weighted by atomic mass is 16.5. The van der Waals surface area contributed by atoms with Crippen LogP contribution >= 0.6 is 0 Å². The maximum absolute atomic E-state index is 12.1. The molecule has 0 radical (unpaired) electrons. The van der Waals surface area contributed by atoms with E-state index < -0.39 is 0 Å². The molecule has 8 nitrogen and oxygen atoms in total. The number of nitrogens with zero attached hydrogens (tertiary/aromatic N) is 4. The topological polar surface area (TPSA) is 90.5 Å². The zero-order valence-electron chi connectivity index (χ0n) is 12.1. The highest BCUT2D eigenvalue weighted by molar-refractivity contribution is 5.75. The summed E-state index contributed by atoms with van der Waals surface area (Å²) in [5.41, 5.74) is -0.351. The zero-order chi connectivity index (χ0) is 15.4. The van der Waals surface area contributed by atoms with E-state index in [0.29, 0.717) is 11.8 Å². The molecular weight excluding hydrogens is 276 g/mol. The van der Waals surface area contributed by atoms with E-state index >= 15 is 0 Å². The molecule has 0 spiro atoms. The average molecular weight is 292 g/mol. The summed E-state index contributed by atoms with van der Waals surface area (Å²) < 4.78 is 11.4. The number of pyridine rings is 1. The van der Waals surface area contributed by atoms with E-state index in [-0.39, 0.29) is 30.3 Å². The number of amides is 1. The number of hydrogen-bond acceptors (Lipinski definition) is 6. The number of rotatable bonds is 5. The van der Waals surface area contributed by atoms with Gasteiger partial charge in [-0.2, -0.15) is 0 Å². The van der Waals surface area contributed by atoms with Crippen molar-refractivity contribution < 1.29 is 13.9 Å². The first-order valence-corrected chi connectivity index (χ1v) is 6.27. The third kappa shape index (κ3) is 3.47. The van der Waals surface area contributed by atoms with Crippen LogP contribution in [0, 0.1) is 6.92 Å². The Morgan fingerprint density at radius 3 is 2.86 bits per heavy atom. The standard InChI is InChI=1S/C13H16N4O4/c1-9-14-15-11(21-9)7-16(2)12(18)8-17-6-4-5-10(20-3)13(17)19/h4-6H,7-8H2,1-3H3. The lowest BCUT2D eigenvalue weighted by atomic mass is 10.4. The Morgan fingerprint density at radius 1 is 1.48 bits per heavy atom. The number of hydrogen-bond donors (Lipinski definition) is 0. The fourth-order valence-corrected chi connectivity index (χ4v) is 1.75. The summed E-state index contributed by atoms with van der Waals surface area (Å²) in [5, 5.41) is 7.51. The van der Waals surface area contributed by atoms with Gasteiger partial charge in [-0.25, -0.2) is 0 Å². The Hall–Kier alpha value is -2.64. The van der Waals surface area contributed by atoms with Crippen LogP contribution in [0.3, 0.4) is 0 Å². The van der Waals surface area contributed by atoms with Gasteiger partial charge < -0.3 is 18.6 Å². The van der Waals surface area contributed by atoms with Crippen LogP contribution in [0.15, 0.2) is 27.5 Å². The molecule has 0 unspecified atom stereocenters. The Labute approximate surface area is 121 Å². The molecule has 2 rings (SSSR count). The highest BCUT2D eigenvalue weighted by Gasteiger charge is 2.14. The molecule has 112 valence electrons. The van der Waals surface area contributed by atoms with Crippen molar-refractivity contribution in [3.8, 4) is 5.75 Å². The molecule has 0 aromatic carbocycles. The first-order chi connectivity index (χ1) is 10.0. The highest BCUT2D eigenvalue weighted by Crippen LogP contribution is 2.04. The van der Waals surface area contributed by atoms with Crippen LogP contribution in [0.2, 0.25) is 0 Å². The molecule has 0 aliphatic rings. The lowest BCUT2D eigenvalue weighted by molar-refractivity contribution is -0.131. The van der Waals surface area contributed by atoms with Crippen LogP contribution in [0.25, 0.3) is 0 Å². The molecule has 0 saturated carbocycles. The molecule has 1 amide bonds. The number of likely N-dealkylation sites (N-methyl/N-ethyl adjacent to an activating group) is 1. The van der Waals surface area contributed by atoms with E-state index in [9.17, 15) is 9.59 Å². The molecule has 0 fully saturated rings. The minimum Gasteiger partial charge on any atom is -0.491 e. The van der Waals surface area contributed by atoms with E-state index in [0.717, 1.165) is 0 Å². The first kappa shape index (κ1) is 14.8. The van der Waals surface area contributed by atoms with Crippen molar-refractivity contribution in [2.45, 2.75) is 20.0 Å². The van der Waals surface area contributed by atoms with Gasteiger partial charge in [0.15, 0.2) is 5.75 Å². The predicted molar refractivity (Wildman–Crippen MR) is 72.8 cm³/mol. The maximum atomic E-state index is 12.1. The predicted octanol–water partition coefficient (Wildman–Crippen LogP) is 0.207. The molecule has 0 bridgehead atoms. The monoisotopic (exact) mass is 292 g/mol. The summed E-state index contributed by atoms with van der Waals surface area (Å²) in [6.07, 6.45) is 1.54. The number of aryl methyl sites for hydroxylation is 1. The number of ether oxygens (including phenoxy) is 1. The van der Waals surface area contributed by atoms with Gasteiger partial charge in [-0.05, 0) is 12.1 Å². The van der Waals surface area contributed by atoms with E-state index in [1.165, 1.54) is 22.8 Å². The Balaban J connectivity index is 2.05. The minimum atomic E-state index is -0.351. The van der Waals surface area contributed by atoms with Gasteiger partial charge in [0.2, 0.25) is 17.7 Å². The molecule has 2 heterocycles. The molecule has 2 aromatic rings. The van der Waals surface area contributed by atoms with Crippen LogP contribution in [0.5, 0.6) is 5.75 Å². The Morgan fingerprint density at radius 2 is 2.24 bits per heavy atom. The maximum Gasteiger partial charge on any atom is 0.293 e. The molecule has 0 aliphatic heterocycles. The molecule has 8 heteroatoms. The Bertz CT molecular complexity index is 691. The quantitative estimate of drug-likeness (QED) is 0.782. The lowest BCUT2D eigenvalue weighted by Crippen LogP contribution is -2.33. The van der Waals surface area contributed by atoms with Crippen molar-refractivity contribution in [1.29, 1.82) is 0 Å². The summed E-state index contributed by atoms with van der Waals surface area (Å²) in [7, 11) is 3.01. The molecule has 0 aliphatic carbocycles. The fourth-order valence-electron chi connectivity index (χ4n) is 1.75. The first-order valence-electron chi connectivity index (χ1n) is 6.27. The van der Waals surface area contributed by atoms with Crippen LogP contribution in [-0.2, 0) is 17.9 Å².